The second-order valence-corrected chi connectivity index (χ2v) is 5.82. The van der Waals surface area contributed by atoms with Crippen LogP contribution in [0.15, 0.2) is 18.2 Å². The van der Waals surface area contributed by atoms with Crippen LogP contribution in [0, 0.1) is 33.7 Å². The molecule has 3 rings (SSSR count). The molecule has 1 aromatic rings. The summed E-state index contributed by atoms with van der Waals surface area (Å²) in [7, 11) is 0. The number of halogens is 1. The molecule has 0 spiro atoms. The van der Waals surface area contributed by atoms with Crippen molar-refractivity contribution in [3.63, 3.8) is 0 Å². The first-order valence-corrected chi connectivity index (χ1v) is 6.98. The summed E-state index contributed by atoms with van der Waals surface area (Å²) in [5.74, 6) is -1.07. The highest BCUT2D eigenvalue weighted by atomic mass is 19.1. The van der Waals surface area contributed by atoms with Gasteiger partial charge in [-0.05, 0) is 37.2 Å². The van der Waals surface area contributed by atoms with Crippen LogP contribution >= 0.6 is 0 Å². The number of para-hydroxylation sites is 1. The number of rotatable bonds is 3. The van der Waals surface area contributed by atoms with Gasteiger partial charge >= 0.3 is 0 Å². The fraction of sp³-hybridized carbons (Fsp3) is 0.500. The number of nitro benzene ring substituents is 1. The van der Waals surface area contributed by atoms with E-state index in [2.05, 4.69) is 5.32 Å². The number of fused-ring (bicyclic) bond motifs is 2. The number of nitrogens with zero attached hydrogens (tertiary/aromatic N) is 1. The third kappa shape index (κ3) is 2.27. The fourth-order valence-electron chi connectivity index (χ4n) is 3.72. The molecule has 2 aliphatic carbocycles. The minimum absolute atomic E-state index is 0.204. The van der Waals surface area contributed by atoms with E-state index in [0.717, 1.165) is 25.3 Å². The van der Waals surface area contributed by atoms with Crippen LogP contribution in [0.3, 0.4) is 0 Å². The second kappa shape index (κ2) is 5.07. The molecule has 2 aliphatic rings. The maximum Gasteiger partial charge on any atom is 0.295 e. The van der Waals surface area contributed by atoms with Gasteiger partial charge in [0.15, 0.2) is 11.5 Å². The Bertz CT molecular complexity index is 605. The molecule has 2 bridgehead atoms. The van der Waals surface area contributed by atoms with Crippen molar-refractivity contribution in [2.24, 2.45) is 23.5 Å². The molecule has 0 radical (unpaired) electrons. The Morgan fingerprint density at radius 2 is 2.10 bits per heavy atom. The Labute approximate surface area is 120 Å². The molecule has 112 valence electrons. The van der Waals surface area contributed by atoms with Crippen molar-refractivity contribution in [2.75, 3.05) is 5.32 Å². The zero-order valence-corrected chi connectivity index (χ0v) is 11.3. The van der Waals surface area contributed by atoms with Crippen molar-refractivity contribution in [1.29, 1.82) is 0 Å². The van der Waals surface area contributed by atoms with Gasteiger partial charge in [-0.3, -0.25) is 14.9 Å². The Morgan fingerprint density at radius 3 is 2.71 bits per heavy atom. The quantitative estimate of drug-likeness (QED) is 0.658. The molecule has 1 aromatic carbocycles. The minimum Gasteiger partial charge on any atom is -0.327 e. The van der Waals surface area contributed by atoms with Gasteiger partial charge in [0.2, 0.25) is 5.91 Å². The number of hydrogen-bond acceptors (Lipinski definition) is 4. The van der Waals surface area contributed by atoms with Crippen molar-refractivity contribution in [1.82, 2.24) is 0 Å². The molecule has 0 aliphatic heterocycles. The maximum absolute atomic E-state index is 13.8. The summed E-state index contributed by atoms with van der Waals surface area (Å²) < 4.78 is 13.8. The SMILES string of the molecule is NC1C2CCC(C2)C1C(=O)Nc1c(F)cccc1[N+](=O)[O-]. The van der Waals surface area contributed by atoms with Crippen LogP contribution in [0.5, 0.6) is 0 Å². The van der Waals surface area contributed by atoms with Crippen LogP contribution < -0.4 is 11.1 Å². The van der Waals surface area contributed by atoms with Crippen molar-refractivity contribution in [3.05, 3.63) is 34.1 Å². The summed E-state index contributed by atoms with van der Waals surface area (Å²) >= 11 is 0. The normalized spacial score (nSPS) is 30.4. The summed E-state index contributed by atoms with van der Waals surface area (Å²) in [5, 5.41) is 13.3. The zero-order valence-electron chi connectivity index (χ0n) is 11.3. The first-order chi connectivity index (χ1) is 9.99. The number of nitrogens with two attached hydrogens (primary N) is 1. The molecule has 7 heteroatoms. The number of nitrogens with one attached hydrogen (secondary N) is 1. The molecule has 0 heterocycles. The topological polar surface area (TPSA) is 98.3 Å². The van der Waals surface area contributed by atoms with Crippen LogP contribution in [0.25, 0.3) is 0 Å². The predicted octanol–water partition coefficient (Wildman–Crippen LogP) is 2.05. The maximum atomic E-state index is 13.8. The molecule has 6 nitrogen and oxygen atoms in total. The second-order valence-electron chi connectivity index (χ2n) is 5.82. The van der Waals surface area contributed by atoms with E-state index in [9.17, 15) is 19.3 Å². The predicted molar refractivity (Wildman–Crippen MR) is 74.0 cm³/mol. The van der Waals surface area contributed by atoms with Gasteiger partial charge in [0.1, 0.15) is 0 Å². The first-order valence-electron chi connectivity index (χ1n) is 6.98. The average Bonchev–Trinajstić information content (AvgIpc) is 3.01. The van der Waals surface area contributed by atoms with Crippen LogP contribution in [0.1, 0.15) is 19.3 Å². The summed E-state index contributed by atoms with van der Waals surface area (Å²) in [4.78, 5) is 22.6. The van der Waals surface area contributed by atoms with Crippen molar-refractivity contribution < 1.29 is 14.1 Å². The number of nitro groups is 1. The Hall–Kier alpha value is -2.02. The van der Waals surface area contributed by atoms with Gasteiger partial charge in [-0.2, -0.15) is 0 Å². The van der Waals surface area contributed by atoms with E-state index in [0.29, 0.717) is 5.92 Å². The van der Waals surface area contributed by atoms with Crippen LogP contribution in [-0.2, 0) is 4.79 Å². The zero-order chi connectivity index (χ0) is 15.1. The van der Waals surface area contributed by atoms with E-state index in [-0.39, 0.29) is 23.6 Å². The smallest absolute Gasteiger partial charge is 0.295 e. The molecule has 1 amide bonds. The summed E-state index contributed by atoms with van der Waals surface area (Å²) in [6.07, 6.45) is 2.88. The van der Waals surface area contributed by atoms with E-state index >= 15 is 0 Å². The lowest BCUT2D eigenvalue weighted by Gasteiger charge is -2.26. The Balaban J connectivity index is 1.84. The number of anilines is 1. The van der Waals surface area contributed by atoms with E-state index in [1.165, 1.54) is 12.1 Å². The van der Waals surface area contributed by atoms with Gasteiger partial charge in [0, 0.05) is 12.1 Å². The number of amides is 1. The minimum atomic E-state index is -0.811. The summed E-state index contributed by atoms with van der Waals surface area (Å²) in [5.41, 5.74) is 5.25. The van der Waals surface area contributed by atoms with Gasteiger partial charge in [-0.25, -0.2) is 4.39 Å². The third-order valence-corrected chi connectivity index (χ3v) is 4.72. The molecular weight excluding hydrogens is 277 g/mol. The molecule has 4 atom stereocenters. The highest BCUT2D eigenvalue weighted by Crippen LogP contribution is 2.48. The fourth-order valence-corrected chi connectivity index (χ4v) is 3.72. The molecular formula is C14H16FN3O3. The van der Waals surface area contributed by atoms with E-state index in [1.54, 1.807) is 0 Å². The standard InChI is InChI=1S/C14H16FN3O3/c15-9-2-1-3-10(18(20)21)13(9)17-14(19)11-7-4-5-8(6-7)12(11)16/h1-3,7-8,11-12H,4-6,16H2,(H,17,19). The van der Waals surface area contributed by atoms with E-state index in [4.69, 9.17) is 5.73 Å². The Kier molecular flexibility index (Phi) is 3.36. The largest absolute Gasteiger partial charge is 0.327 e. The number of benzene rings is 1. The molecule has 3 N–H and O–H groups in total. The lowest BCUT2D eigenvalue weighted by Crippen LogP contribution is -2.42. The lowest BCUT2D eigenvalue weighted by atomic mass is 9.84. The summed E-state index contributed by atoms with van der Waals surface area (Å²) in [6, 6.07) is 3.25. The molecule has 4 unspecified atom stereocenters. The molecule has 0 saturated heterocycles. The van der Waals surface area contributed by atoms with Crippen LogP contribution in [0.4, 0.5) is 15.8 Å². The van der Waals surface area contributed by atoms with Gasteiger partial charge in [-0.1, -0.05) is 6.07 Å². The number of hydrogen-bond donors (Lipinski definition) is 2. The third-order valence-electron chi connectivity index (χ3n) is 4.72. The van der Waals surface area contributed by atoms with Crippen molar-refractivity contribution >= 4 is 17.3 Å². The van der Waals surface area contributed by atoms with Crippen LogP contribution in [0.2, 0.25) is 0 Å². The lowest BCUT2D eigenvalue weighted by molar-refractivity contribution is -0.384. The highest BCUT2D eigenvalue weighted by Gasteiger charge is 2.49. The molecule has 2 saturated carbocycles. The highest BCUT2D eigenvalue weighted by molar-refractivity contribution is 5.95. The van der Waals surface area contributed by atoms with Crippen LogP contribution in [-0.4, -0.2) is 16.9 Å². The van der Waals surface area contributed by atoms with E-state index < -0.39 is 22.3 Å². The summed E-state index contributed by atoms with van der Waals surface area (Å²) in [6.45, 7) is 0. The average molecular weight is 293 g/mol. The molecule has 0 aromatic heterocycles. The first kappa shape index (κ1) is 13.9. The number of carbonyl (C=O) groups excluding carboxylic acids is 1. The van der Waals surface area contributed by atoms with Gasteiger partial charge in [0.05, 0.1) is 10.8 Å². The van der Waals surface area contributed by atoms with Gasteiger partial charge < -0.3 is 11.1 Å². The monoisotopic (exact) mass is 293 g/mol. The van der Waals surface area contributed by atoms with E-state index in [1.807, 2.05) is 0 Å². The van der Waals surface area contributed by atoms with Crippen molar-refractivity contribution in [3.8, 4) is 0 Å². The molecule has 2 fully saturated rings. The van der Waals surface area contributed by atoms with Gasteiger partial charge in [-0.15, -0.1) is 0 Å². The molecule has 21 heavy (non-hydrogen) atoms. The Morgan fingerprint density at radius 1 is 1.38 bits per heavy atom. The van der Waals surface area contributed by atoms with Crippen molar-refractivity contribution in [2.45, 2.75) is 25.3 Å². The number of carbonyl (C=O) groups is 1. The van der Waals surface area contributed by atoms with Gasteiger partial charge in [0.25, 0.3) is 5.69 Å².